The summed E-state index contributed by atoms with van der Waals surface area (Å²) in [7, 11) is 0. The molecule has 1 unspecified atom stereocenters. The molecule has 1 N–H and O–H groups in total. The normalized spacial score (nSPS) is 12.7. The molecule has 0 radical (unpaired) electrons. The molecule has 0 fully saturated rings. The summed E-state index contributed by atoms with van der Waals surface area (Å²) in [4.78, 5) is 1.33. The average Bonchev–Trinajstić information content (AvgIpc) is 2.34. The van der Waals surface area contributed by atoms with E-state index in [1.807, 2.05) is 11.8 Å². The van der Waals surface area contributed by atoms with Gasteiger partial charge in [-0.2, -0.15) is 11.8 Å². The molecule has 90 valence electrons. The van der Waals surface area contributed by atoms with Crippen LogP contribution in [0.15, 0.2) is 29.2 Å². The Balaban J connectivity index is 2.30. The molecule has 0 saturated carbocycles. The van der Waals surface area contributed by atoms with Gasteiger partial charge in [-0.15, -0.1) is 11.8 Å². The summed E-state index contributed by atoms with van der Waals surface area (Å²) < 4.78 is 0. The highest BCUT2D eigenvalue weighted by Crippen LogP contribution is 2.14. The van der Waals surface area contributed by atoms with Crippen LogP contribution in [0.1, 0.15) is 19.4 Å². The van der Waals surface area contributed by atoms with Gasteiger partial charge in [0.05, 0.1) is 0 Å². The molecule has 0 bridgehead atoms. The molecule has 0 aliphatic heterocycles. The quantitative estimate of drug-likeness (QED) is 0.747. The van der Waals surface area contributed by atoms with E-state index in [-0.39, 0.29) is 0 Å². The molecule has 1 nitrogen and oxygen atoms in total. The molecule has 1 rings (SSSR count). The van der Waals surface area contributed by atoms with E-state index in [0.717, 1.165) is 6.54 Å². The van der Waals surface area contributed by atoms with Crippen molar-refractivity contribution in [3.05, 3.63) is 29.8 Å². The van der Waals surface area contributed by atoms with Gasteiger partial charge in [-0.1, -0.05) is 19.1 Å². The summed E-state index contributed by atoms with van der Waals surface area (Å²) in [5, 5.41) is 3.54. The second kappa shape index (κ2) is 8.04. The Morgan fingerprint density at radius 1 is 1.25 bits per heavy atom. The van der Waals surface area contributed by atoms with Gasteiger partial charge in [-0.3, -0.25) is 0 Å². The van der Waals surface area contributed by atoms with Crippen LogP contribution in [0.3, 0.4) is 0 Å². The largest absolute Gasteiger partial charge is 0.309 e. The zero-order valence-corrected chi connectivity index (χ0v) is 12.0. The molecule has 3 heteroatoms. The lowest BCUT2D eigenvalue weighted by Gasteiger charge is -2.13. The first-order valence-electron chi connectivity index (χ1n) is 5.70. The fourth-order valence-corrected chi connectivity index (χ4v) is 2.50. The van der Waals surface area contributed by atoms with E-state index < -0.39 is 0 Å². The lowest BCUT2D eigenvalue weighted by atomic mass is 10.2. The van der Waals surface area contributed by atoms with E-state index in [1.54, 1.807) is 11.8 Å². The Labute approximate surface area is 108 Å². The second-order valence-corrected chi connectivity index (χ2v) is 5.99. The predicted octanol–water partition coefficient (Wildman–Crippen LogP) is 3.64. The van der Waals surface area contributed by atoms with Crippen LogP contribution in [0.5, 0.6) is 0 Å². The summed E-state index contributed by atoms with van der Waals surface area (Å²) in [6.45, 7) is 5.43. The molecule has 1 aromatic carbocycles. The summed E-state index contributed by atoms with van der Waals surface area (Å²) in [5.74, 6) is 2.40. The average molecular weight is 255 g/mol. The third kappa shape index (κ3) is 5.28. The molecule has 0 saturated heterocycles. The molecule has 0 heterocycles. The van der Waals surface area contributed by atoms with Crippen molar-refractivity contribution in [2.24, 2.45) is 0 Å². The number of rotatable bonds is 7. The summed E-state index contributed by atoms with van der Waals surface area (Å²) >= 11 is 3.78. The number of hydrogen-bond acceptors (Lipinski definition) is 3. The van der Waals surface area contributed by atoms with Crippen LogP contribution >= 0.6 is 23.5 Å². The van der Waals surface area contributed by atoms with Crippen molar-refractivity contribution in [3.63, 3.8) is 0 Å². The number of hydrogen-bond donors (Lipinski definition) is 1. The number of thioether (sulfide) groups is 2. The number of benzene rings is 1. The topological polar surface area (TPSA) is 12.0 Å². The van der Waals surface area contributed by atoms with Gasteiger partial charge in [-0.05, 0) is 36.6 Å². The van der Waals surface area contributed by atoms with E-state index in [4.69, 9.17) is 0 Å². The molecule has 1 aromatic rings. The Hall–Kier alpha value is -0.120. The Morgan fingerprint density at radius 2 is 1.94 bits per heavy atom. The maximum atomic E-state index is 3.54. The lowest BCUT2D eigenvalue weighted by Crippen LogP contribution is -2.27. The van der Waals surface area contributed by atoms with Crippen LogP contribution in [0.4, 0.5) is 0 Å². The van der Waals surface area contributed by atoms with Crippen molar-refractivity contribution in [2.45, 2.75) is 31.3 Å². The van der Waals surface area contributed by atoms with Crippen LogP contribution in [-0.2, 0) is 6.54 Å². The maximum Gasteiger partial charge on any atom is 0.0208 e. The molecule has 0 spiro atoms. The highest BCUT2D eigenvalue weighted by atomic mass is 32.2. The summed E-state index contributed by atoms with van der Waals surface area (Å²) in [5.41, 5.74) is 1.37. The molecule has 0 aliphatic carbocycles. The van der Waals surface area contributed by atoms with Gasteiger partial charge in [0.2, 0.25) is 0 Å². The fourth-order valence-electron chi connectivity index (χ4n) is 1.39. The van der Waals surface area contributed by atoms with Gasteiger partial charge < -0.3 is 5.32 Å². The van der Waals surface area contributed by atoms with Gasteiger partial charge in [0.25, 0.3) is 0 Å². The molecular weight excluding hydrogens is 234 g/mol. The SMILES string of the molecule is CCSCC(C)NCc1ccc(SC)cc1. The van der Waals surface area contributed by atoms with E-state index in [9.17, 15) is 0 Å². The van der Waals surface area contributed by atoms with Crippen molar-refractivity contribution in [2.75, 3.05) is 17.8 Å². The van der Waals surface area contributed by atoms with E-state index in [1.165, 1.54) is 22.0 Å². The predicted molar refractivity (Wildman–Crippen MR) is 77.5 cm³/mol. The molecule has 1 atom stereocenters. The monoisotopic (exact) mass is 255 g/mol. The van der Waals surface area contributed by atoms with Gasteiger partial charge in [0.15, 0.2) is 0 Å². The van der Waals surface area contributed by atoms with Gasteiger partial charge >= 0.3 is 0 Å². The van der Waals surface area contributed by atoms with Crippen molar-refractivity contribution in [1.29, 1.82) is 0 Å². The molecule has 0 amide bonds. The molecule has 0 aliphatic rings. The third-order valence-corrected chi connectivity index (χ3v) is 4.27. The van der Waals surface area contributed by atoms with Crippen LogP contribution in [0, 0.1) is 0 Å². The van der Waals surface area contributed by atoms with Gasteiger partial charge in [0.1, 0.15) is 0 Å². The third-order valence-electron chi connectivity index (χ3n) is 2.39. The lowest BCUT2D eigenvalue weighted by molar-refractivity contribution is 0.596. The zero-order valence-electron chi connectivity index (χ0n) is 10.3. The Morgan fingerprint density at radius 3 is 2.50 bits per heavy atom. The van der Waals surface area contributed by atoms with Gasteiger partial charge in [0, 0.05) is 23.2 Å². The van der Waals surface area contributed by atoms with E-state index in [0.29, 0.717) is 6.04 Å². The Kier molecular flexibility index (Phi) is 7.01. The van der Waals surface area contributed by atoms with E-state index >= 15 is 0 Å². The van der Waals surface area contributed by atoms with Crippen LogP contribution in [0.2, 0.25) is 0 Å². The van der Waals surface area contributed by atoms with Crippen LogP contribution in [0.25, 0.3) is 0 Å². The molecule has 0 aromatic heterocycles. The zero-order chi connectivity index (χ0) is 11.8. The first-order chi connectivity index (χ1) is 7.76. The van der Waals surface area contributed by atoms with Crippen LogP contribution in [-0.4, -0.2) is 23.8 Å². The first-order valence-corrected chi connectivity index (χ1v) is 8.08. The Bertz CT molecular complexity index is 284. The second-order valence-electron chi connectivity index (χ2n) is 3.79. The standard InChI is InChI=1S/C13H21NS2/c1-4-16-10-11(2)14-9-12-5-7-13(15-3)8-6-12/h5-8,11,14H,4,9-10H2,1-3H3. The maximum absolute atomic E-state index is 3.54. The minimum absolute atomic E-state index is 0.588. The van der Waals surface area contributed by atoms with Crippen LogP contribution < -0.4 is 5.32 Å². The van der Waals surface area contributed by atoms with Crippen molar-refractivity contribution in [1.82, 2.24) is 5.32 Å². The van der Waals surface area contributed by atoms with E-state index in [2.05, 4.69) is 49.7 Å². The molecule has 16 heavy (non-hydrogen) atoms. The summed E-state index contributed by atoms with van der Waals surface area (Å²) in [6.07, 6.45) is 2.11. The summed E-state index contributed by atoms with van der Waals surface area (Å²) in [6, 6.07) is 9.38. The first kappa shape index (κ1) is 13.9. The minimum Gasteiger partial charge on any atom is -0.309 e. The van der Waals surface area contributed by atoms with Gasteiger partial charge in [-0.25, -0.2) is 0 Å². The molecular formula is C13H21NS2. The highest BCUT2D eigenvalue weighted by Gasteiger charge is 2.00. The van der Waals surface area contributed by atoms with Crippen molar-refractivity contribution in [3.8, 4) is 0 Å². The highest BCUT2D eigenvalue weighted by molar-refractivity contribution is 7.99. The minimum atomic E-state index is 0.588. The smallest absolute Gasteiger partial charge is 0.0208 e. The fraction of sp³-hybridized carbons (Fsp3) is 0.538. The number of nitrogens with one attached hydrogen (secondary N) is 1. The van der Waals surface area contributed by atoms with Crippen molar-refractivity contribution < 1.29 is 0 Å². The van der Waals surface area contributed by atoms with Crippen molar-refractivity contribution >= 4 is 23.5 Å².